The zero-order valence-electron chi connectivity index (χ0n) is 13.7. The van der Waals surface area contributed by atoms with Crippen molar-refractivity contribution in [1.82, 2.24) is 0 Å². The third kappa shape index (κ3) is 5.12. The first-order chi connectivity index (χ1) is 10.3. The normalized spacial score (nSPS) is 30.7. The van der Waals surface area contributed by atoms with Crippen LogP contribution in [-0.4, -0.2) is 21.3 Å². The molecule has 21 heavy (non-hydrogen) atoms. The van der Waals surface area contributed by atoms with Gasteiger partial charge in [-0.15, -0.1) is 0 Å². The van der Waals surface area contributed by atoms with Gasteiger partial charge in [0.2, 0.25) is 0 Å². The highest BCUT2D eigenvalue weighted by Gasteiger charge is 2.34. The summed E-state index contributed by atoms with van der Waals surface area (Å²) in [6.07, 6.45) is 16.4. The zero-order chi connectivity index (χ0) is 15.0. The number of hydrogen-bond donors (Lipinski definition) is 0. The Hall–Kier alpha value is -0.310. The fourth-order valence-electron chi connectivity index (χ4n) is 3.72. The second-order valence-electron chi connectivity index (χ2n) is 6.71. The highest BCUT2D eigenvalue weighted by molar-refractivity contribution is 7.86. The van der Waals surface area contributed by atoms with Crippen molar-refractivity contribution >= 4 is 10.8 Å². The summed E-state index contributed by atoms with van der Waals surface area (Å²) in [7, 11) is -0.643. The van der Waals surface area contributed by atoms with E-state index >= 15 is 0 Å². The van der Waals surface area contributed by atoms with Crippen LogP contribution in [0.25, 0.3) is 0 Å². The molecule has 0 aromatic rings. The molecule has 2 nitrogen and oxygen atoms in total. The molecule has 1 saturated carbocycles. The lowest BCUT2D eigenvalue weighted by Crippen LogP contribution is -2.36. The lowest BCUT2D eigenvalue weighted by molar-refractivity contribution is 0.230. The summed E-state index contributed by atoms with van der Waals surface area (Å²) in [6.45, 7) is 3.02. The minimum Gasteiger partial charge on any atom is -0.501 e. The van der Waals surface area contributed by atoms with E-state index < -0.39 is 10.8 Å². The third-order valence-corrected chi connectivity index (χ3v) is 7.55. The number of hydrogen-bond acceptors (Lipinski definition) is 2. The summed E-state index contributed by atoms with van der Waals surface area (Å²) in [6, 6.07) is 0. The quantitative estimate of drug-likeness (QED) is 0.503. The van der Waals surface area contributed by atoms with E-state index in [0.29, 0.717) is 0 Å². The molecule has 0 N–H and O–H groups in total. The molecule has 2 unspecified atom stereocenters. The lowest BCUT2D eigenvalue weighted by atomic mass is 9.92. The maximum absolute atomic E-state index is 12.7. The van der Waals surface area contributed by atoms with Crippen LogP contribution in [0.5, 0.6) is 0 Å². The molecule has 0 spiro atoms. The minimum absolute atomic E-state index is 0.0737. The molecular weight excluding hydrogens is 280 g/mol. The van der Waals surface area contributed by atoms with Gasteiger partial charge in [-0.05, 0) is 63.4 Å². The van der Waals surface area contributed by atoms with E-state index in [1.54, 1.807) is 0 Å². The Balaban J connectivity index is 1.76. The van der Waals surface area contributed by atoms with Gasteiger partial charge >= 0.3 is 0 Å². The first kappa shape index (κ1) is 17.1. The molecule has 1 aliphatic carbocycles. The molecule has 2 fully saturated rings. The molecule has 1 saturated heterocycles. The second kappa shape index (κ2) is 8.97. The summed E-state index contributed by atoms with van der Waals surface area (Å²) < 4.78 is 18.5. The number of ether oxygens (including phenoxy) is 1. The highest BCUT2D eigenvalue weighted by atomic mass is 32.2. The Morgan fingerprint density at radius 1 is 1.14 bits per heavy atom. The minimum atomic E-state index is -0.643. The smallest absolute Gasteiger partial charge is 0.0873 e. The summed E-state index contributed by atoms with van der Waals surface area (Å²) in [4.78, 5) is 0. The monoisotopic (exact) mass is 312 g/mol. The maximum Gasteiger partial charge on any atom is 0.0873 e. The van der Waals surface area contributed by atoms with Crippen molar-refractivity contribution in [1.29, 1.82) is 0 Å². The largest absolute Gasteiger partial charge is 0.501 e. The van der Waals surface area contributed by atoms with Gasteiger partial charge in [0.25, 0.3) is 0 Å². The standard InChI is InChI=1S/C18H32O2S/c1-2-18(12-7-3-4-8-15-21(18)19)13-9-14-20-16-17-10-5-6-11-17/h16H,2-15H2,1H3. The predicted octanol–water partition coefficient (Wildman–Crippen LogP) is 5.10. The zero-order valence-corrected chi connectivity index (χ0v) is 14.5. The Bertz CT molecular complexity index is 356. The molecule has 1 aliphatic heterocycles. The molecule has 0 bridgehead atoms. The van der Waals surface area contributed by atoms with E-state index in [0.717, 1.165) is 44.5 Å². The van der Waals surface area contributed by atoms with Crippen LogP contribution in [0.2, 0.25) is 0 Å². The average molecular weight is 313 g/mol. The van der Waals surface area contributed by atoms with Crippen molar-refractivity contribution in [3.05, 3.63) is 11.8 Å². The van der Waals surface area contributed by atoms with E-state index in [2.05, 4.69) is 6.92 Å². The van der Waals surface area contributed by atoms with Crippen molar-refractivity contribution in [2.45, 2.75) is 88.7 Å². The number of allylic oxidation sites excluding steroid dienone is 1. The fraction of sp³-hybridized carbons (Fsp3) is 0.889. The Kier molecular flexibility index (Phi) is 7.28. The van der Waals surface area contributed by atoms with Gasteiger partial charge in [0.05, 0.1) is 12.9 Å². The number of rotatable bonds is 6. The predicted molar refractivity (Wildman–Crippen MR) is 90.9 cm³/mol. The summed E-state index contributed by atoms with van der Waals surface area (Å²) in [5.41, 5.74) is 1.48. The van der Waals surface area contributed by atoms with Gasteiger partial charge in [-0.2, -0.15) is 0 Å². The van der Waals surface area contributed by atoms with Crippen LogP contribution in [-0.2, 0) is 15.5 Å². The van der Waals surface area contributed by atoms with Gasteiger partial charge in [0.15, 0.2) is 0 Å². The van der Waals surface area contributed by atoms with Crippen LogP contribution in [0, 0.1) is 0 Å². The molecule has 122 valence electrons. The van der Waals surface area contributed by atoms with E-state index in [-0.39, 0.29) is 4.75 Å². The van der Waals surface area contributed by atoms with Crippen molar-refractivity contribution in [2.24, 2.45) is 0 Å². The van der Waals surface area contributed by atoms with Crippen molar-refractivity contribution in [2.75, 3.05) is 12.4 Å². The van der Waals surface area contributed by atoms with Crippen LogP contribution in [0.4, 0.5) is 0 Å². The molecular formula is C18H32O2S. The summed E-state index contributed by atoms with van der Waals surface area (Å²) >= 11 is 0. The lowest BCUT2D eigenvalue weighted by Gasteiger charge is -2.33. The van der Waals surface area contributed by atoms with E-state index in [9.17, 15) is 4.21 Å². The molecule has 0 aromatic carbocycles. The summed E-state index contributed by atoms with van der Waals surface area (Å²) in [5.74, 6) is 0.915. The maximum atomic E-state index is 12.7. The van der Waals surface area contributed by atoms with Gasteiger partial charge in [0, 0.05) is 21.3 Å². The van der Waals surface area contributed by atoms with Crippen molar-refractivity contribution in [3.8, 4) is 0 Å². The highest BCUT2D eigenvalue weighted by Crippen LogP contribution is 2.34. The third-order valence-electron chi connectivity index (χ3n) is 5.23. The van der Waals surface area contributed by atoms with Crippen LogP contribution in [0.1, 0.15) is 84.0 Å². The van der Waals surface area contributed by atoms with Gasteiger partial charge in [-0.3, -0.25) is 4.21 Å². The molecule has 2 rings (SSSR count). The molecule has 2 atom stereocenters. The van der Waals surface area contributed by atoms with Gasteiger partial charge < -0.3 is 4.74 Å². The van der Waals surface area contributed by atoms with Crippen molar-refractivity contribution < 1.29 is 8.95 Å². The van der Waals surface area contributed by atoms with Gasteiger partial charge in [0.1, 0.15) is 0 Å². The fourth-order valence-corrected chi connectivity index (χ4v) is 5.68. The van der Waals surface area contributed by atoms with E-state index in [1.165, 1.54) is 50.5 Å². The van der Waals surface area contributed by atoms with Gasteiger partial charge in [-0.25, -0.2) is 0 Å². The Labute approximate surface area is 133 Å². The van der Waals surface area contributed by atoms with E-state index in [1.807, 2.05) is 6.26 Å². The Morgan fingerprint density at radius 2 is 1.90 bits per heavy atom. The van der Waals surface area contributed by atoms with Crippen LogP contribution in [0.15, 0.2) is 11.8 Å². The molecule has 0 aromatic heterocycles. The molecule has 2 aliphatic rings. The van der Waals surface area contributed by atoms with Gasteiger partial charge in [-0.1, -0.05) is 26.2 Å². The molecule has 0 radical (unpaired) electrons. The molecule has 0 amide bonds. The first-order valence-corrected chi connectivity index (χ1v) is 10.3. The summed E-state index contributed by atoms with van der Waals surface area (Å²) in [5, 5.41) is 0. The topological polar surface area (TPSA) is 26.3 Å². The molecule has 3 heteroatoms. The van der Waals surface area contributed by atoms with Crippen LogP contribution in [0.3, 0.4) is 0 Å². The molecule has 1 heterocycles. The van der Waals surface area contributed by atoms with Crippen molar-refractivity contribution in [3.63, 3.8) is 0 Å². The first-order valence-electron chi connectivity index (χ1n) is 8.95. The SMILES string of the molecule is CCC1(CCCOC=C2CCCC2)CCCCCCS1=O. The van der Waals surface area contributed by atoms with Crippen LogP contribution < -0.4 is 0 Å². The second-order valence-corrected chi connectivity index (χ2v) is 8.67. The average Bonchev–Trinajstić information content (AvgIpc) is 2.99. The Morgan fingerprint density at radius 3 is 2.67 bits per heavy atom. The van der Waals surface area contributed by atoms with E-state index in [4.69, 9.17) is 4.74 Å². The van der Waals surface area contributed by atoms with Crippen LogP contribution >= 0.6 is 0 Å².